The van der Waals surface area contributed by atoms with E-state index in [2.05, 4.69) is 5.32 Å². The molecular weight excluding hydrogens is 238 g/mol. The minimum Gasteiger partial charge on any atom is -0.508 e. The van der Waals surface area contributed by atoms with Gasteiger partial charge in [-0.2, -0.15) is 0 Å². The van der Waals surface area contributed by atoms with Crippen molar-refractivity contribution >= 4 is 11.9 Å². The van der Waals surface area contributed by atoms with Crippen molar-refractivity contribution in [2.24, 2.45) is 0 Å². The Morgan fingerprint density at radius 2 is 1.94 bits per heavy atom. The number of benzene rings is 1. The van der Waals surface area contributed by atoms with E-state index < -0.39 is 18.0 Å². The number of carboxylic acid groups (broad SMARTS) is 2. The molecule has 1 aliphatic rings. The molecule has 0 aliphatic carbocycles. The van der Waals surface area contributed by atoms with Crippen molar-refractivity contribution in [1.82, 2.24) is 5.32 Å². The lowest BCUT2D eigenvalue weighted by Gasteiger charge is -2.16. The van der Waals surface area contributed by atoms with Gasteiger partial charge < -0.3 is 20.6 Å². The van der Waals surface area contributed by atoms with E-state index in [1.807, 2.05) is 0 Å². The smallest absolute Gasteiger partial charge is 0.335 e. The molecule has 6 heteroatoms. The summed E-state index contributed by atoms with van der Waals surface area (Å²) in [6.07, 6.45) is 0.597. The Morgan fingerprint density at radius 3 is 2.56 bits per heavy atom. The van der Waals surface area contributed by atoms with E-state index in [1.165, 1.54) is 12.1 Å². The predicted octanol–water partition coefficient (Wildman–Crippen LogP) is 0.620. The monoisotopic (exact) mass is 251 g/mol. The number of carbonyl (C=O) groups is 2. The molecule has 18 heavy (non-hydrogen) atoms. The maximum atomic E-state index is 11.0. The largest absolute Gasteiger partial charge is 0.508 e. The van der Waals surface area contributed by atoms with Crippen LogP contribution in [0.5, 0.6) is 5.75 Å². The van der Waals surface area contributed by atoms with Crippen molar-refractivity contribution in [2.75, 3.05) is 6.54 Å². The molecule has 2 rings (SSSR count). The molecule has 1 fully saturated rings. The van der Waals surface area contributed by atoms with Crippen LogP contribution < -0.4 is 5.32 Å². The number of nitrogens with one attached hydrogen (secondary N) is 1. The topological polar surface area (TPSA) is 107 Å². The number of aromatic hydroxyl groups is 1. The zero-order valence-corrected chi connectivity index (χ0v) is 9.46. The first-order chi connectivity index (χ1) is 8.49. The maximum Gasteiger partial charge on any atom is 0.335 e. The van der Waals surface area contributed by atoms with Gasteiger partial charge in [0.25, 0.3) is 0 Å². The zero-order chi connectivity index (χ0) is 13.3. The Balaban J connectivity index is 2.38. The highest BCUT2D eigenvalue weighted by atomic mass is 16.4. The van der Waals surface area contributed by atoms with Gasteiger partial charge in [0.2, 0.25) is 0 Å². The van der Waals surface area contributed by atoms with E-state index in [0.717, 1.165) is 6.07 Å². The summed E-state index contributed by atoms with van der Waals surface area (Å²) in [7, 11) is 0. The van der Waals surface area contributed by atoms with E-state index in [0.29, 0.717) is 18.5 Å². The molecule has 0 spiro atoms. The second-order valence-corrected chi connectivity index (χ2v) is 4.28. The number of hydrogen-bond acceptors (Lipinski definition) is 4. The second kappa shape index (κ2) is 4.66. The quantitative estimate of drug-likeness (QED) is 0.627. The van der Waals surface area contributed by atoms with Crippen molar-refractivity contribution in [3.05, 3.63) is 29.3 Å². The standard InChI is InChI=1S/C12H13NO5/c14-8-4-6(3-7(5-8)11(15)16)9-1-2-13-10(9)12(17)18/h3-5,9-10,13-14H,1-2H2,(H,15,16)(H,17,18). The highest BCUT2D eigenvalue weighted by Crippen LogP contribution is 2.31. The van der Waals surface area contributed by atoms with E-state index in [-0.39, 0.29) is 17.2 Å². The average Bonchev–Trinajstić information content (AvgIpc) is 2.76. The van der Waals surface area contributed by atoms with Crippen LogP contribution in [-0.2, 0) is 4.79 Å². The predicted molar refractivity (Wildman–Crippen MR) is 61.9 cm³/mol. The normalized spacial score (nSPS) is 22.9. The first-order valence-corrected chi connectivity index (χ1v) is 5.52. The van der Waals surface area contributed by atoms with Crippen LogP contribution in [0, 0.1) is 0 Å². The molecular formula is C12H13NO5. The molecule has 0 radical (unpaired) electrons. The van der Waals surface area contributed by atoms with Crippen LogP contribution in [0.3, 0.4) is 0 Å². The van der Waals surface area contributed by atoms with E-state index >= 15 is 0 Å². The average molecular weight is 251 g/mol. The molecule has 0 saturated carbocycles. The Bertz CT molecular complexity index is 499. The molecule has 6 nitrogen and oxygen atoms in total. The molecule has 2 unspecified atom stereocenters. The lowest BCUT2D eigenvalue weighted by Crippen LogP contribution is -2.34. The lowest BCUT2D eigenvalue weighted by atomic mass is 9.90. The van der Waals surface area contributed by atoms with Crippen LogP contribution in [-0.4, -0.2) is 39.8 Å². The summed E-state index contributed by atoms with van der Waals surface area (Å²) in [5, 5.41) is 30.3. The van der Waals surface area contributed by atoms with Gasteiger partial charge in [0, 0.05) is 5.92 Å². The molecule has 1 aliphatic heterocycles. The van der Waals surface area contributed by atoms with Crippen molar-refractivity contribution in [2.45, 2.75) is 18.4 Å². The summed E-state index contributed by atoms with van der Waals surface area (Å²) < 4.78 is 0. The van der Waals surface area contributed by atoms with Crippen molar-refractivity contribution in [3.8, 4) is 5.75 Å². The molecule has 2 atom stereocenters. The molecule has 1 aromatic rings. The summed E-state index contributed by atoms with van der Waals surface area (Å²) in [6.45, 7) is 0.555. The summed E-state index contributed by atoms with van der Waals surface area (Å²) in [5.41, 5.74) is 0.492. The minimum atomic E-state index is -1.15. The number of phenols is 1. The first-order valence-electron chi connectivity index (χ1n) is 5.52. The number of carboxylic acids is 2. The van der Waals surface area contributed by atoms with Crippen LogP contribution in [0.4, 0.5) is 0 Å². The molecule has 0 bridgehead atoms. The number of aromatic carboxylic acids is 1. The highest BCUT2D eigenvalue weighted by Gasteiger charge is 2.34. The van der Waals surface area contributed by atoms with Gasteiger partial charge in [-0.15, -0.1) is 0 Å². The van der Waals surface area contributed by atoms with Gasteiger partial charge in [0.15, 0.2) is 0 Å². The highest BCUT2D eigenvalue weighted by molar-refractivity contribution is 5.88. The molecule has 4 N–H and O–H groups in total. The van der Waals surface area contributed by atoms with Crippen molar-refractivity contribution in [3.63, 3.8) is 0 Å². The van der Waals surface area contributed by atoms with Crippen LogP contribution in [0.15, 0.2) is 18.2 Å². The van der Waals surface area contributed by atoms with Crippen LogP contribution in [0.2, 0.25) is 0 Å². The third-order valence-corrected chi connectivity index (χ3v) is 3.10. The number of rotatable bonds is 3. The van der Waals surface area contributed by atoms with Gasteiger partial charge in [-0.1, -0.05) is 0 Å². The van der Waals surface area contributed by atoms with Gasteiger partial charge in [0.1, 0.15) is 11.8 Å². The van der Waals surface area contributed by atoms with Crippen molar-refractivity contribution < 1.29 is 24.9 Å². The van der Waals surface area contributed by atoms with Crippen LogP contribution >= 0.6 is 0 Å². The van der Waals surface area contributed by atoms with E-state index in [1.54, 1.807) is 0 Å². The number of hydrogen-bond donors (Lipinski definition) is 4. The van der Waals surface area contributed by atoms with Gasteiger partial charge in [-0.05, 0) is 36.7 Å². The molecule has 96 valence electrons. The Kier molecular flexibility index (Phi) is 3.20. The molecule has 0 amide bonds. The molecule has 1 saturated heterocycles. The molecule has 1 heterocycles. The fraction of sp³-hybridized carbons (Fsp3) is 0.333. The van der Waals surface area contributed by atoms with E-state index in [4.69, 9.17) is 10.2 Å². The van der Waals surface area contributed by atoms with E-state index in [9.17, 15) is 14.7 Å². The Hall–Kier alpha value is -2.08. The Labute approximate surface area is 103 Å². The van der Waals surface area contributed by atoms with Crippen LogP contribution in [0.1, 0.15) is 28.3 Å². The summed E-state index contributed by atoms with van der Waals surface area (Å²) >= 11 is 0. The molecule has 0 aromatic heterocycles. The number of phenolic OH excluding ortho intramolecular Hbond substituents is 1. The zero-order valence-electron chi connectivity index (χ0n) is 9.46. The number of aliphatic carboxylic acids is 1. The van der Waals surface area contributed by atoms with Gasteiger partial charge in [-0.25, -0.2) is 4.79 Å². The summed E-state index contributed by atoms with van der Waals surface area (Å²) in [5.74, 6) is -2.61. The van der Waals surface area contributed by atoms with Gasteiger partial charge in [0.05, 0.1) is 5.56 Å². The SMILES string of the molecule is O=C(O)c1cc(O)cc(C2CCNC2C(=O)O)c1. The van der Waals surface area contributed by atoms with Crippen molar-refractivity contribution in [1.29, 1.82) is 0 Å². The maximum absolute atomic E-state index is 11.0. The summed E-state index contributed by atoms with van der Waals surface area (Å²) in [6, 6.07) is 3.23. The van der Waals surface area contributed by atoms with Crippen LogP contribution in [0.25, 0.3) is 0 Å². The minimum absolute atomic E-state index is 0.0407. The third kappa shape index (κ3) is 2.28. The lowest BCUT2D eigenvalue weighted by molar-refractivity contribution is -0.139. The van der Waals surface area contributed by atoms with Gasteiger partial charge in [-0.3, -0.25) is 4.79 Å². The molecule has 1 aromatic carbocycles. The van der Waals surface area contributed by atoms with Gasteiger partial charge >= 0.3 is 11.9 Å². The fourth-order valence-electron chi connectivity index (χ4n) is 2.29. The first kappa shape index (κ1) is 12.4. The summed E-state index contributed by atoms with van der Waals surface area (Å²) in [4.78, 5) is 21.9. The Morgan fingerprint density at radius 1 is 1.22 bits per heavy atom. The third-order valence-electron chi connectivity index (χ3n) is 3.10. The second-order valence-electron chi connectivity index (χ2n) is 4.28. The fourth-order valence-corrected chi connectivity index (χ4v) is 2.29.